The SMILES string of the molecule is CSc1cccc(NC(=O)CSc2nnc(COc3ccc(C)cc3C)n2C(C)C)c1. The third-order valence-electron chi connectivity index (χ3n) is 4.62. The van der Waals surface area contributed by atoms with Crippen molar-refractivity contribution in [3.63, 3.8) is 0 Å². The lowest BCUT2D eigenvalue weighted by atomic mass is 10.1. The number of carbonyl (C=O) groups is 1. The van der Waals surface area contributed by atoms with E-state index in [1.165, 1.54) is 17.3 Å². The first-order valence-corrected chi connectivity index (χ1v) is 12.3. The second-order valence-electron chi connectivity index (χ2n) is 7.49. The van der Waals surface area contributed by atoms with Crippen LogP contribution in [0.4, 0.5) is 5.69 Å². The van der Waals surface area contributed by atoms with Gasteiger partial charge in [0.1, 0.15) is 12.4 Å². The Kier molecular flexibility index (Phi) is 8.03. The lowest BCUT2D eigenvalue weighted by molar-refractivity contribution is -0.113. The highest BCUT2D eigenvalue weighted by molar-refractivity contribution is 7.99. The highest BCUT2D eigenvalue weighted by atomic mass is 32.2. The Morgan fingerprint density at radius 3 is 2.68 bits per heavy atom. The van der Waals surface area contributed by atoms with Crippen molar-refractivity contribution in [2.75, 3.05) is 17.3 Å². The van der Waals surface area contributed by atoms with E-state index in [-0.39, 0.29) is 17.7 Å². The zero-order valence-corrected chi connectivity index (χ0v) is 20.1. The Hall–Kier alpha value is -2.45. The summed E-state index contributed by atoms with van der Waals surface area (Å²) in [6.45, 7) is 8.56. The molecule has 0 spiro atoms. The Balaban J connectivity index is 1.63. The molecule has 1 aromatic heterocycles. The van der Waals surface area contributed by atoms with Gasteiger partial charge in [-0.2, -0.15) is 0 Å². The summed E-state index contributed by atoms with van der Waals surface area (Å²) < 4.78 is 8.02. The van der Waals surface area contributed by atoms with Gasteiger partial charge in [0, 0.05) is 16.6 Å². The molecular formula is C23H28N4O2S2. The second kappa shape index (κ2) is 10.7. The lowest BCUT2D eigenvalue weighted by Crippen LogP contribution is -2.15. The first-order valence-electron chi connectivity index (χ1n) is 10.1. The number of anilines is 1. The molecule has 3 aromatic rings. The van der Waals surface area contributed by atoms with Gasteiger partial charge < -0.3 is 14.6 Å². The van der Waals surface area contributed by atoms with Gasteiger partial charge in [0.05, 0.1) is 5.75 Å². The molecule has 0 radical (unpaired) electrons. The van der Waals surface area contributed by atoms with Crippen LogP contribution in [0, 0.1) is 13.8 Å². The monoisotopic (exact) mass is 456 g/mol. The van der Waals surface area contributed by atoms with Gasteiger partial charge in [-0.25, -0.2) is 0 Å². The average Bonchev–Trinajstić information content (AvgIpc) is 3.15. The Bertz CT molecular complexity index is 1050. The minimum atomic E-state index is -0.0744. The molecule has 0 fully saturated rings. The van der Waals surface area contributed by atoms with Gasteiger partial charge in [0.15, 0.2) is 11.0 Å². The Morgan fingerprint density at radius 2 is 1.97 bits per heavy atom. The van der Waals surface area contributed by atoms with Gasteiger partial charge >= 0.3 is 0 Å². The molecule has 0 aliphatic carbocycles. The number of nitrogens with zero attached hydrogens (tertiary/aromatic N) is 3. The molecule has 3 rings (SSSR count). The van der Waals surface area contributed by atoms with Gasteiger partial charge in [-0.1, -0.05) is 35.5 Å². The van der Waals surface area contributed by atoms with Crippen LogP contribution in [0.2, 0.25) is 0 Å². The lowest BCUT2D eigenvalue weighted by Gasteiger charge is -2.15. The molecule has 1 amide bonds. The molecule has 1 heterocycles. The summed E-state index contributed by atoms with van der Waals surface area (Å²) in [5, 5.41) is 12.3. The van der Waals surface area contributed by atoms with Crippen LogP contribution in [0.5, 0.6) is 5.75 Å². The molecule has 0 atom stereocenters. The summed E-state index contributed by atoms with van der Waals surface area (Å²) in [6, 6.07) is 14.1. The molecule has 0 unspecified atom stereocenters. The molecule has 2 aromatic carbocycles. The van der Waals surface area contributed by atoms with Crippen LogP contribution in [0.1, 0.15) is 36.8 Å². The zero-order valence-electron chi connectivity index (χ0n) is 18.5. The van der Waals surface area contributed by atoms with E-state index in [4.69, 9.17) is 4.74 Å². The third kappa shape index (κ3) is 6.27. The van der Waals surface area contributed by atoms with E-state index < -0.39 is 0 Å². The van der Waals surface area contributed by atoms with E-state index in [9.17, 15) is 4.79 Å². The van der Waals surface area contributed by atoms with Crippen molar-refractivity contribution in [1.29, 1.82) is 0 Å². The number of ether oxygens (including phenoxy) is 1. The number of hydrogen-bond donors (Lipinski definition) is 1. The van der Waals surface area contributed by atoms with Crippen LogP contribution in [-0.4, -0.2) is 32.7 Å². The van der Waals surface area contributed by atoms with Gasteiger partial charge in [0.2, 0.25) is 5.91 Å². The van der Waals surface area contributed by atoms with Crippen LogP contribution >= 0.6 is 23.5 Å². The molecule has 8 heteroatoms. The van der Waals surface area contributed by atoms with Crippen LogP contribution in [0.3, 0.4) is 0 Å². The molecular weight excluding hydrogens is 428 g/mol. The summed E-state index contributed by atoms with van der Waals surface area (Å²) in [7, 11) is 0. The number of amides is 1. The van der Waals surface area contributed by atoms with E-state index >= 15 is 0 Å². The fraction of sp³-hybridized carbons (Fsp3) is 0.348. The van der Waals surface area contributed by atoms with Crippen molar-refractivity contribution in [2.45, 2.75) is 50.4 Å². The maximum atomic E-state index is 12.4. The third-order valence-corrected chi connectivity index (χ3v) is 6.29. The van der Waals surface area contributed by atoms with Crippen LogP contribution in [-0.2, 0) is 11.4 Å². The second-order valence-corrected chi connectivity index (χ2v) is 9.31. The molecule has 0 saturated carbocycles. The quantitative estimate of drug-likeness (QED) is 0.428. The van der Waals surface area contributed by atoms with Gasteiger partial charge in [0.25, 0.3) is 0 Å². The van der Waals surface area contributed by atoms with Crippen molar-refractivity contribution in [2.24, 2.45) is 0 Å². The van der Waals surface area contributed by atoms with Crippen molar-refractivity contribution in [3.05, 3.63) is 59.4 Å². The van der Waals surface area contributed by atoms with Crippen molar-refractivity contribution in [3.8, 4) is 5.75 Å². The summed E-state index contributed by atoms with van der Waals surface area (Å²) >= 11 is 3.02. The van der Waals surface area contributed by atoms with Gasteiger partial charge in [-0.3, -0.25) is 4.79 Å². The molecule has 164 valence electrons. The minimum absolute atomic E-state index is 0.0744. The van der Waals surface area contributed by atoms with E-state index in [0.29, 0.717) is 11.8 Å². The number of thioether (sulfide) groups is 2. The highest BCUT2D eigenvalue weighted by Crippen LogP contribution is 2.25. The molecule has 6 nitrogen and oxygen atoms in total. The zero-order chi connectivity index (χ0) is 22.4. The van der Waals surface area contributed by atoms with Gasteiger partial charge in [-0.05, 0) is 63.8 Å². The van der Waals surface area contributed by atoms with Crippen LogP contribution < -0.4 is 10.1 Å². The largest absolute Gasteiger partial charge is 0.485 e. The molecule has 0 aliphatic heterocycles. The van der Waals surface area contributed by atoms with E-state index in [2.05, 4.69) is 42.4 Å². The fourth-order valence-electron chi connectivity index (χ4n) is 3.15. The topological polar surface area (TPSA) is 69.0 Å². The maximum Gasteiger partial charge on any atom is 0.234 e. The van der Waals surface area contributed by atoms with Crippen LogP contribution in [0.15, 0.2) is 52.5 Å². The smallest absolute Gasteiger partial charge is 0.234 e. The van der Waals surface area contributed by atoms with E-state index in [0.717, 1.165) is 27.7 Å². The number of aryl methyl sites for hydroxylation is 2. The molecule has 0 bridgehead atoms. The van der Waals surface area contributed by atoms with E-state index in [1.54, 1.807) is 11.8 Å². The molecule has 0 saturated heterocycles. The first-order chi connectivity index (χ1) is 14.9. The van der Waals surface area contributed by atoms with Crippen molar-refractivity contribution >= 4 is 35.1 Å². The number of nitrogens with one attached hydrogen (secondary N) is 1. The predicted octanol–water partition coefficient (Wildman–Crippen LogP) is 5.51. The highest BCUT2D eigenvalue weighted by Gasteiger charge is 2.17. The van der Waals surface area contributed by atoms with Gasteiger partial charge in [-0.15, -0.1) is 22.0 Å². The number of aromatic nitrogens is 3. The maximum absolute atomic E-state index is 12.4. The van der Waals surface area contributed by atoms with Crippen molar-refractivity contribution in [1.82, 2.24) is 14.8 Å². The summed E-state index contributed by atoms with van der Waals surface area (Å²) in [4.78, 5) is 13.5. The van der Waals surface area contributed by atoms with E-state index in [1.807, 2.05) is 54.1 Å². The summed E-state index contributed by atoms with van der Waals surface area (Å²) in [6.07, 6.45) is 2.01. The minimum Gasteiger partial charge on any atom is -0.485 e. The van der Waals surface area contributed by atoms with Crippen molar-refractivity contribution < 1.29 is 9.53 Å². The summed E-state index contributed by atoms with van der Waals surface area (Å²) in [5.74, 6) is 1.76. The molecule has 1 N–H and O–H groups in total. The Labute approximate surface area is 192 Å². The first kappa shape index (κ1) is 23.2. The average molecular weight is 457 g/mol. The number of carbonyl (C=O) groups excluding carboxylic acids is 1. The number of hydrogen-bond acceptors (Lipinski definition) is 6. The Morgan fingerprint density at radius 1 is 1.16 bits per heavy atom. The number of benzene rings is 2. The fourth-order valence-corrected chi connectivity index (χ4v) is 4.50. The predicted molar refractivity (Wildman–Crippen MR) is 128 cm³/mol. The standard InChI is InChI=1S/C23H28N4O2S2/c1-15(2)27-21(13-29-20-10-9-16(3)11-17(20)4)25-26-23(27)31-14-22(28)24-18-7-6-8-19(12-18)30-5/h6-12,15H,13-14H2,1-5H3,(H,24,28). The summed E-state index contributed by atoms with van der Waals surface area (Å²) in [5.41, 5.74) is 3.09. The normalized spacial score (nSPS) is 11.0. The molecule has 31 heavy (non-hydrogen) atoms. The van der Waals surface area contributed by atoms with Crippen LogP contribution in [0.25, 0.3) is 0 Å². The molecule has 0 aliphatic rings. The number of rotatable bonds is 9.